The molecule has 1 aliphatic rings. The third-order valence-electron chi connectivity index (χ3n) is 5.44. The molecule has 0 saturated carbocycles. The molecule has 2 N–H and O–H groups in total. The summed E-state index contributed by atoms with van der Waals surface area (Å²) in [6.07, 6.45) is -0.440. The molecule has 1 aliphatic heterocycles. The molecule has 33 heavy (non-hydrogen) atoms. The van der Waals surface area contributed by atoms with E-state index < -0.39 is 11.9 Å². The minimum Gasteiger partial charge on any atom is -0.508 e. The van der Waals surface area contributed by atoms with Gasteiger partial charge in [-0.2, -0.15) is 0 Å². The fourth-order valence-electron chi connectivity index (χ4n) is 3.77. The number of rotatable bonds is 6. The van der Waals surface area contributed by atoms with E-state index in [1.54, 1.807) is 42.5 Å². The Hall–Kier alpha value is -3.64. The third kappa shape index (κ3) is 4.61. The molecule has 4 aromatic rings. The normalized spacial score (nSPS) is 17.4. The number of aromatic hydroxyl groups is 2. The van der Waals surface area contributed by atoms with E-state index in [0.717, 1.165) is 16.7 Å². The largest absolute Gasteiger partial charge is 0.508 e. The minimum absolute atomic E-state index is 0.156. The van der Waals surface area contributed by atoms with Crippen LogP contribution in [0.1, 0.15) is 28.0 Å². The molecule has 2 atom stereocenters. The first-order valence-electron chi connectivity index (χ1n) is 10.9. The van der Waals surface area contributed by atoms with Crippen molar-refractivity contribution in [3.63, 3.8) is 0 Å². The second-order valence-corrected chi connectivity index (χ2v) is 8.90. The molecule has 0 radical (unpaired) electrons. The molecule has 6 heteroatoms. The summed E-state index contributed by atoms with van der Waals surface area (Å²) in [5.41, 5.74) is 2.73. The second kappa shape index (κ2) is 9.08. The smallest absolute Gasteiger partial charge is 0.293 e. The number of fused-ring (bicyclic) bond motifs is 1. The van der Waals surface area contributed by atoms with Crippen molar-refractivity contribution in [1.29, 1.82) is 1.43 Å². The van der Waals surface area contributed by atoms with E-state index in [0.29, 0.717) is 28.8 Å². The maximum atomic E-state index is 15.2. The Morgan fingerprint density at radius 2 is 1.61 bits per heavy atom. The Kier molecular flexibility index (Phi) is 5.50. The van der Waals surface area contributed by atoms with Crippen molar-refractivity contribution in [2.24, 2.45) is 0 Å². The van der Waals surface area contributed by atoms with Crippen LogP contribution in [0.4, 0.5) is 4.39 Å². The van der Waals surface area contributed by atoms with E-state index in [1.807, 2.05) is 42.5 Å². The molecule has 1 heterocycles. The van der Waals surface area contributed by atoms with Gasteiger partial charge in [0, 0.05) is 12.1 Å². The Morgan fingerprint density at radius 1 is 0.909 bits per heavy atom. The number of thioether (sulfide) groups is 1. The van der Waals surface area contributed by atoms with Gasteiger partial charge in [-0.25, -0.2) is 4.39 Å². The highest BCUT2D eigenvalue weighted by Crippen LogP contribution is 2.55. The van der Waals surface area contributed by atoms with Gasteiger partial charge in [0.25, 0.3) is 1.43 Å². The van der Waals surface area contributed by atoms with Crippen molar-refractivity contribution in [2.75, 3.05) is 0 Å². The first-order chi connectivity index (χ1) is 16.6. The van der Waals surface area contributed by atoms with Gasteiger partial charge in [0.1, 0.15) is 41.5 Å². The summed E-state index contributed by atoms with van der Waals surface area (Å²) < 4.78 is 34.5. The average molecular weight is 463 g/mol. The molecule has 0 saturated heterocycles. The van der Waals surface area contributed by atoms with Crippen molar-refractivity contribution < 1.29 is 24.1 Å². The summed E-state index contributed by atoms with van der Waals surface area (Å²) in [5.74, 6) is 0.960. The zero-order valence-corrected chi connectivity index (χ0v) is 18.3. The van der Waals surface area contributed by atoms with E-state index in [4.69, 9.17) is 10.9 Å². The molecular formula is C27H21FO4S. The van der Waals surface area contributed by atoms with E-state index >= 15 is 4.39 Å². The Bertz CT molecular complexity index is 1270. The van der Waals surface area contributed by atoms with E-state index in [1.165, 1.54) is 17.8 Å². The van der Waals surface area contributed by atoms with Crippen LogP contribution in [-0.4, -0.2) is 11.6 Å². The summed E-state index contributed by atoms with van der Waals surface area (Å²) >= 11 is 1.37. The lowest BCUT2D eigenvalue weighted by Crippen LogP contribution is -2.20. The summed E-state index contributed by atoms with van der Waals surface area (Å²) in [5, 5.41) is 14.0. The number of phenols is 2. The lowest BCUT2D eigenvalue weighted by molar-refractivity contribution is 0.186. The Balaban J connectivity index is 1.48. The molecule has 0 aliphatic carbocycles. The van der Waals surface area contributed by atoms with Gasteiger partial charge in [-0.1, -0.05) is 54.6 Å². The molecule has 0 bridgehead atoms. The van der Waals surface area contributed by atoms with Crippen LogP contribution in [0, 0.1) is 5.82 Å². The first-order valence-corrected chi connectivity index (χ1v) is 11.3. The highest BCUT2D eigenvalue weighted by molar-refractivity contribution is 7.99. The monoisotopic (exact) mass is 462 g/mol. The molecule has 0 unspecified atom stereocenters. The molecule has 4 nitrogen and oxygen atoms in total. The van der Waals surface area contributed by atoms with Crippen LogP contribution in [0.15, 0.2) is 95.9 Å². The predicted octanol–water partition coefficient (Wildman–Crippen LogP) is 6.78. The van der Waals surface area contributed by atoms with Gasteiger partial charge in [-0.05, 0) is 41.0 Å². The minimum atomic E-state index is -0.440. The average Bonchev–Trinajstić information content (AvgIpc) is 2.88. The highest BCUT2D eigenvalue weighted by Gasteiger charge is 2.35. The highest BCUT2D eigenvalue weighted by atomic mass is 32.2. The third-order valence-corrected chi connectivity index (χ3v) is 6.84. The van der Waals surface area contributed by atoms with Gasteiger partial charge < -0.3 is 19.7 Å². The van der Waals surface area contributed by atoms with Crippen LogP contribution < -0.4 is 9.47 Å². The summed E-state index contributed by atoms with van der Waals surface area (Å²) in [4.78, 5) is 0.410. The number of ether oxygens (including phenoxy) is 2. The van der Waals surface area contributed by atoms with Crippen molar-refractivity contribution >= 4 is 11.8 Å². The number of hydrogen-bond acceptors (Lipinski definition) is 5. The maximum absolute atomic E-state index is 15.2. The van der Waals surface area contributed by atoms with Crippen LogP contribution in [-0.2, 0) is 6.61 Å². The van der Waals surface area contributed by atoms with Gasteiger partial charge >= 0.3 is 0 Å². The van der Waals surface area contributed by atoms with Crippen LogP contribution in [0.5, 0.6) is 23.0 Å². The van der Waals surface area contributed by atoms with Crippen LogP contribution in [0.25, 0.3) is 0 Å². The molecule has 0 spiro atoms. The van der Waals surface area contributed by atoms with Gasteiger partial charge in [0.2, 0.25) is 0 Å². The summed E-state index contributed by atoms with van der Waals surface area (Å²) in [7, 11) is 0. The Morgan fingerprint density at radius 3 is 2.33 bits per heavy atom. The van der Waals surface area contributed by atoms with Gasteiger partial charge in [-0.15, -0.1) is 11.8 Å². The standard InChI is InChI=1S/C27H21FO4S/c28-23-14-22(31-16-17-4-2-1-3-5-17)15-24-27(23)33-26(19-8-12-21(30)13-9-19)25(32-24)18-6-10-20(29)11-7-18/h1-15,25-26,29-30H,16H2/t25-,26+/m1/s1/i/hT. The van der Waals surface area contributed by atoms with Crippen molar-refractivity contribution in [3.05, 3.63) is 114 Å². The molecule has 0 aromatic heterocycles. The number of halogens is 1. The molecule has 0 fully saturated rings. The van der Waals surface area contributed by atoms with Crippen molar-refractivity contribution in [2.45, 2.75) is 22.9 Å². The first kappa shape index (κ1) is 20.0. The second-order valence-electron chi connectivity index (χ2n) is 7.74. The van der Waals surface area contributed by atoms with Crippen LogP contribution in [0.3, 0.4) is 0 Å². The van der Waals surface area contributed by atoms with Gasteiger partial charge in [-0.3, -0.25) is 0 Å². The van der Waals surface area contributed by atoms with Gasteiger partial charge in [0.05, 0.1) is 10.1 Å². The van der Waals surface area contributed by atoms with E-state index in [2.05, 4.69) is 5.11 Å². The van der Waals surface area contributed by atoms with Crippen molar-refractivity contribution in [1.82, 2.24) is 0 Å². The summed E-state index contributed by atoms with van der Waals surface area (Å²) in [6, 6.07) is 26.7. The zero-order valence-electron chi connectivity index (χ0n) is 18.5. The lowest BCUT2D eigenvalue weighted by Gasteiger charge is -2.34. The summed E-state index contributed by atoms with van der Waals surface area (Å²) in [6.45, 7) is 0.320. The number of hydrogen-bond donors (Lipinski definition) is 2. The molecule has 5 rings (SSSR count). The van der Waals surface area contributed by atoms with E-state index in [9.17, 15) is 5.11 Å². The van der Waals surface area contributed by atoms with Crippen LogP contribution >= 0.6 is 11.8 Å². The topological polar surface area (TPSA) is 58.9 Å². The number of phenolic OH excluding ortho intramolecular Hbond substituents is 2. The number of benzene rings is 4. The van der Waals surface area contributed by atoms with Gasteiger partial charge in [0.15, 0.2) is 0 Å². The molecule has 0 amide bonds. The molecular weight excluding hydrogens is 439 g/mol. The quantitative estimate of drug-likeness (QED) is 0.331. The molecule has 4 aromatic carbocycles. The fourth-order valence-corrected chi connectivity index (χ4v) is 5.04. The molecule has 166 valence electrons. The zero-order chi connectivity index (χ0) is 23.5. The SMILES string of the molecule is [3H]Oc1ccc([C@@H]2Sc3c(F)cc(OCc4ccccc4)cc3O[C@@H]2c2ccc(O)cc2)cc1. The van der Waals surface area contributed by atoms with Crippen LogP contribution in [0.2, 0.25) is 0 Å². The fraction of sp³-hybridized carbons (Fsp3) is 0.111. The van der Waals surface area contributed by atoms with Crippen molar-refractivity contribution in [3.8, 4) is 23.0 Å². The predicted molar refractivity (Wildman–Crippen MR) is 125 cm³/mol. The van der Waals surface area contributed by atoms with E-state index in [-0.39, 0.29) is 11.0 Å². The Labute approximate surface area is 196 Å². The lowest BCUT2D eigenvalue weighted by atomic mass is 10.00. The maximum Gasteiger partial charge on any atom is 0.293 e.